The average molecular weight is 404 g/mol. The van der Waals surface area contributed by atoms with Crippen molar-refractivity contribution in [2.24, 2.45) is 11.5 Å². The van der Waals surface area contributed by atoms with Gasteiger partial charge in [0.05, 0.1) is 6.04 Å². The van der Waals surface area contributed by atoms with E-state index in [-0.39, 0.29) is 25.7 Å². The van der Waals surface area contributed by atoms with E-state index in [1.54, 1.807) is 0 Å². The van der Waals surface area contributed by atoms with Gasteiger partial charge in [-0.2, -0.15) is 0 Å². The van der Waals surface area contributed by atoms with Crippen LogP contribution in [0, 0.1) is 0 Å². The van der Waals surface area contributed by atoms with Gasteiger partial charge in [0, 0.05) is 12.8 Å². The minimum Gasteiger partial charge on any atom is -0.481 e. The molecule has 3 unspecified atom stereocenters. The number of unbranched alkanes of at least 4 members (excludes halogenated alkanes) is 1. The van der Waals surface area contributed by atoms with Crippen molar-refractivity contribution in [3.8, 4) is 0 Å². The van der Waals surface area contributed by atoms with Crippen molar-refractivity contribution in [1.29, 1.82) is 0 Å². The maximum atomic E-state index is 12.4. The molecule has 12 heteroatoms. The van der Waals surface area contributed by atoms with Crippen molar-refractivity contribution >= 4 is 29.7 Å². The zero-order chi connectivity index (χ0) is 21.7. The lowest BCUT2D eigenvalue weighted by molar-refractivity contribution is -0.143. The maximum Gasteiger partial charge on any atom is 0.326 e. The van der Waals surface area contributed by atoms with Crippen LogP contribution in [0.5, 0.6) is 0 Å². The summed E-state index contributed by atoms with van der Waals surface area (Å²) in [6.45, 7) is 0.367. The summed E-state index contributed by atoms with van der Waals surface area (Å²) in [5.41, 5.74) is 10.9. The molecule has 0 aliphatic rings. The van der Waals surface area contributed by atoms with Gasteiger partial charge in [0.2, 0.25) is 11.8 Å². The lowest BCUT2D eigenvalue weighted by atomic mass is 10.1. The molecule has 0 spiro atoms. The molecule has 28 heavy (non-hydrogen) atoms. The van der Waals surface area contributed by atoms with Crippen molar-refractivity contribution in [3.05, 3.63) is 0 Å². The number of hydrogen-bond donors (Lipinski definition) is 7. The van der Waals surface area contributed by atoms with Gasteiger partial charge in [0.25, 0.3) is 0 Å². The summed E-state index contributed by atoms with van der Waals surface area (Å²) < 4.78 is 0. The van der Waals surface area contributed by atoms with Crippen molar-refractivity contribution in [1.82, 2.24) is 10.6 Å². The molecule has 0 rings (SSSR count). The first kappa shape index (κ1) is 25.3. The SMILES string of the molecule is NCCCCC(NC(=O)C(CCC(=O)O)NC(=O)C(N)CCC(=O)O)C(=O)O. The minimum absolute atomic E-state index is 0.121. The molecular formula is C16H28N4O8. The molecule has 3 atom stereocenters. The number of nitrogens with one attached hydrogen (secondary N) is 2. The van der Waals surface area contributed by atoms with Crippen molar-refractivity contribution in [3.63, 3.8) is 0 Å². The molecule has 0 fully saturated rings. The summed E-state index contributed by atoms with van der Waals surface area (Å²) in [5, 5.41) is 31.2. The van der Waals surface area contributed by atoms with Crippen LogP contribution in [0.2, 0.25) is 0 Å². The molecular weight excluding hydrogens is 376 g/mol. The van der Waals surface area contributed by atoms with Crippen LogP contribution < -0.4 is 22.1 Å². The van der Waals surface area contributed by atoms with Gasteiger partial charge in [-0.3, -0.25) is 19.2 Å². The number of amides is 2. The van der Waals surface area contributed by atoms with E-state index >= 15 is 0 Å². The first-order chi connectivity index (χ1) is 13.1. The Morgan fingerprint density at radius 1 is 0.750 bits per heavy atom. The Morgan fingerprint density at radius 2 is 1.29 bits per heavy atom. The number of rotatable bonds is 15. The van der Waals surface area contributed by atoms with Crippen LogP contribution in [0.15, 0.2) is 0 Å². The van der Waals surface area contributed by atoms with E-state index < -0.39 is 54.3 Å². The number of nitrogens with two attached hydrogens (primary N) is 2. The van der Waals surface area contributed by atoms with Gasteiger partial charge in [0.1, 0.15) is 12.1 Å². The molecule has 160 valence electrons. The van der Waals surface area contributed by atoms with Crippen LogP contribution in [0.25, 0.3) is 0 Å². The Labute approximate surface area is 161 Å². The topological polar surface area (TPSA) is 222 Å². The number of carbonyl (C=O) groups is 5. The zero-order valence-corrected chi connectivity index (χ0v) is 15.4. The lowest BCUT2D eigenvalue weighted by Crippen LogP contribution is -2.54. The van der Waals surface area contributed by atoms with E-state index in [0.29, 0.717) is 19.4 Å². The van der Waals surface area contributed by atoms with Gasteiger partial charge in [-0.15, -0.1) is 0 Å². The third-order valence-corrected chi connectivity index (χ3v) is 3.85. The molecule has 0 aromatic heterocycles. The van der Waals surface area contributed by atoms with Gasteiger partial charge in [0.15, 0.2) is 0 Å². The first-order valence-electron chi connectivity index (χ1n) is 8.81. The van der Waals surface area contributed by atoms with Crippen LogP contribution in [-0.2, 0) is 24.0 Å². The molecule has 0 heterocycles. The minimum atomic E-state index is -1.32. The molecule has 0 radical (unpaired) electrons. The molecule has 0 aromatic rings. The van der Waals surface area contributed by atoms with E-state index in [0.717, 1.165) is 0 Å². The van der Waals surface area contributed by atoms with Gasteiger partial charge in [-0.25, -0.2) is 4.79 Å². The predicted molar refractivity (Wildman–Crippen MR) is 96.1 cm³/mol. The average Bonchev–Trinajstić information content (AvgIpc) is 2.61. The van der Waals surface area contributed by atoms with E-state index in [1.807, 2.05) is 0 Å². The molecule has 0 aromatic carbocycles. The van der Waals surface area contributed by atoms with Gasteiger partial charge in [-0.1, -0.05) is 0 Å². The summed E-state index contributed by atoms with van der Waals surface area (Å²) in [7, 11) is 0. The highest BCUT2D eigenvalue weighted by Crippen LogP contribution is 2.05. The fourth-order valence-corrected chi connectivity index (χ4v) is 2.25. The quantitative estimate of drug-likeness (QED) is 0.152. The van der Waals surface area contributed by atoms with Crippen LogP contribution in [0.1, 0.15) is 44.9 Å². The van der Waals surface area contributed by atoms with E-state index in [4.69, 9.17) is 21.7 Å². The monoisotopic (exact) mass is 404 g/mol. The van der Waals surface area contributed by atoms with Crippen molar-refractivity contribution < 1.29 is 39.3 Å². The second-order valence-electron chi connectivity index (χ2n) is 6.22. The van der Waals surface area contributed by atoms with Gasteiger partial charge in [-0.05, 0) is 38.6 Å². The maximum absolute atomic E-state index is 12.4. The summed E-state index contributed by atoms with van der Waals surface area (Å²) in [6.07, 6.45) is -0.122. The van der Waals surface area contributed by atoms with Crippen molar-refractivity contribution in [2.75, 3.05) is 6.54 Å². The number of carboxylic acid groups (broad SMARTS) is 3. The Morgan fingerprint density at radius 3 is 1.79 bits per heavy atom. The predicted octanol–water partition coefficient (Wildman–Crippen LogP) is -1.77. The summed E-state index contributed by atoms with van der Waals surface area (Å²) >= 11 is 0. The van der Waals surface area contributed by atoms with Crippen LogP contribution >= 0.6 is 0 Å². The molecule has 0 aliphatic carbocycles. The van der Waals surface area contributed by atoms with Gasteiger partial charge < -0.3 is 37.4 Å². The van der Waals surface area contributed by atoms with Crippen LogP contribution in [0.4, 0.5) is 0 Å². The second kappa shape index (κ2) is 13.4. The molecule has 12 nitrogen and oxygen atoms in total. The third-order valence-electron chi connectivity index (χ3n) is 3.85. The summed E-state index contributed by atoms with van der Waals surface area (Å²) in [5.74, 6) is -5.32. The number of carboxylic acids is 3. The number of aliphatic carboxylic acids is 3. The Hall–Kier alpha value is -2.73. The highest BCUT2D eigenvalue weighted by atomic mass is 16.4. The highest BCUT2D eigenvalue weighted by molar-refractivity contribution is 5.92. The number of carbonyl (C=O) groups excluding carboxylic acids is 2. The van der Waals surface area contributed by atoms with E-state index in [1.165, 1.54) is 0 Å². The normalized spacial score (nSPS) is 13.8. The lowest BCUT2D eigenvalue weighted by Gasteiger charge is -2.22. The summed E-state index contributed by atoms with van der Waals surface area (Å²) in [6, 6.07) is -3.75. The third kappa shape index (κ3) is 11.1. The van der Waals surface area contributed by atoms with Gasteiger partial charge >= 0.3 is 17.9 Å². The Balaban J connectivity index is 5.01. The molecule has 0 saturated carbocycles. The second-order valence-corrected chi connectivity index (χ2v) is 6.22. The zero-order valence-electron chi connectivity index (χ0n) is 15.4. The summed E-state index contributed by atoms with van der Waals surface area (Å²) in [4.78, 5) is 57.1. The molecule has 0 bridgehead atoms. The van der Waals surface area contributed by atoms with Crippen LogP contribution in [-0.4, -0.2) is 69.7 Å². The van der Waals surface area contributed by atoms with E-state index in [2.05, 4.69) is 10.6 Å². The molecule has 2 amide bonds. The van der Waals surface area contributed by atoms with Crippen LogP contribution in [0.3, 0.4) is 0 Å². The molecule has 0 saturated heterocycles. The smallest absolute Gasteiger partial charge is 0.326 e. The Kier molecular flexibility index (Phi) is 12.1. The largest absolute Gasteiger partial charge is 0.481 e. The Bertz CT molecular complexity index is 569. The van der Waals surface area contributed by atoms with E-state index in [9.17, 15) is 29.1 Å². The van der Waals surface area contributed by atoms with Crippen molar-refractivity contribution in [2.45, 2.75) is 63.1 Å². The number of hydrogen-bond acceptors (Lipinski definition) is 7. The standard InChI is InChI=1S/C16H28N4O8/c17-8-2-1-3-11(16(27)28)20-15(26)10(5-7-13(23)24)19-14(25)9(18)4-6-12(21)22/h9-11H,1-8,17-18H2,(H,19,25)(H,20,26)(H,21,22)(H,23,24)(H,27,28). The first-order valence-corrected chi connectivity index (χ1v) is 8.81. The molecule has 9 N–H and O–H groups in total. The molecule has 0 aliphatic heterocycles. The highest BCUT2D eigenvalue weighted by Gasteiger charge is 2.28. The fraction of sp³-hybridized carbons (Fsp3) is 0.688. The fourth-order valence-electron chi connectivity index (χ4n) is 2.25.